The Morgan fingerprint density at radius 3 is 2.68 bits per heavy atom. The third-order valence-electron chi connectivity index (χ3n) is 4.46. The standard InChI is InChI=1S/C23H21ClN2O4S/c1-3-9-26-22(27)20(31-23(26)28)12-15-10-18(24)21(19(11-15)29-4-2)30-14-17-8-6-5-7-16(17)13-25/h5-8,10-12H,3-4,9,14H2,1-2H3/b20-12+. The number of hydrogen-bond donors (Lipinski definition) is 0. The van der Waals surface area contributed by atoms with Gasteiger partial charge in [-0.25, -0.2) is 0 Å². The van der Waals surface area contributed by atoms with Gasteiger partial charge in [-0.2, -0.15) is 5.26 Å². The summed E-state index contributed by atoms with van der Waals surface area (Å²) < 4.78 is 11.6. The van der Waals surface area contributed by atoms with Crippen LogP contribution in [0.15, 0.2) is 41.3 Å². The first-order chi connectivity index (χ1) is 15.0. The number of ether oxygens (including phenoxy) is 2. The number of rotatable bonds is 8. The Balaban J connectivity index is 1.88. The van der Waals surface area contributed by atoms with Gasteiger partial charge >= 0.3 is 0 Å². The highest BCUT2D eigenvalue weighted by Crippen LogP contribution is 2.39. The van der Waals surface area contributed by atoms with E-state index in [0.29, 0.717) is 52.1 Å². The number of nitrogens with zero attached hydrogens (tertiary/aromatic N) is 2. The molecule has 31 heavy (non-hydrogen) atoms. The van der Waals surface area contributed by atoms with Crippen molar-refractivity contribution in [3.05, 3.63) is 63.0 Å². The lowest BCUT2D eigenvalue weighted by Gasteiger charge is -2.15. The van der Waals surface area contributed by atoms with Crippen LogP contribution in [0.2, 0.25) is 5.02 Å². The molecule has 0 bridgehead atoms. The maximum absolute atomic E-state index is 12.5. The fourth-order valence-corrected chi connectivity index (χ4v) is 4.19. The average molecular weight is 457 g/mol. The molecule has 0 unspecified atom stereocenters. The van der Waals surface area contributed by atoms with Gasteiger partial charge in [0.25, 0.3) is 11.1 Å². The summed E-state index contributed by atoms with van der Waals surface area (Å²) in [6, 6.07) is 12.7. The Labute approximate surface area is 190 Å². The van der Waals surface area contributed by atoms with Crippen molar-refractivity contribution in [2.45, 2.75) is 26.9 Å². The Morgan fingerprint density at radius 2 is 1.97 bits per heavy atom. The summed E-state index contributed by atoms with van der Waals surface area (Å²) in [5, 5.41) is 9.29. The molecule has 3 rings (SSSR count). The molecular formula is C23H21ClN2O4S. The number of thioether (sulfide) groups is 1. The first kappa shape index (κ1) is 22.7. The fourth-order valence-electron chi connectivity index (χ4n) is 3.05. The average Bonchev–Trinajstić information content (AvgIpc) is 3.01. The molecule has 0 radical (unpaired) electrons. The molecule has 1 heterocycles. The maximum atomic E-state index is 12.5. The molecule has 0 N–H and O–H groups in total. The lowest BCUT2D eigenvalue weighted by Crippen LogP contribution is -2.28. The smallest absolute Gasteiger partial charge is 0.293 e. The summed E-state index contributed by atoms with van der Waals surface area (Å²) in [5.41, 5.74) is 1.88. The molecule has 1 aliphatic heterocycles. The van der Waals surface area contributed by atoms with Gasteiger partial charge in [-0.3, -0.25) is 14.5 Å². The first-order valence-electron chi connectivity index (χ1n) is 9.81. The highest BCUT2D eigenvalue weighted by atomic mass is 35.5. The number of carbonyl (C=O) groups is 2. The predicted octanol–water partition coefficient (Wildman–Crippen LogP) is 5.64. The molecule has 0 aliphatic carbocycles. The van der Waals surface area contributed by atoms with Gasteiger partial charge in [0.15, 0.2) is 11.5 Å². The Bertz CT molecular complexity index is 1080. The normalized spacial score (nSPS) is 14.8. The number of carbonyl (C=O) groups excluding carboxylic acids is 2. The molecule has 0 atom stereocenters. The summed E-state index contributed by atoms with van der Waals surface area (Å²) in [4.78, 5) is 26.1. The summed E-state index contributed by atoms with van der Waals surface area (Å²) in [6.07, 6.45) is 2.33. The fraction of sp³-hybridized carbons (Fsp3) is 0.261. The van der Waals surface area contributed by atoms with E-state index in [0.717, 1.165) is 17.3 Å². The summed E-state index contributed by atoms with van der Waals surface area (Å²) >= 11 is 7.38. The van der Waals surface area contributed by atoms with Crippen LogP contribution in [-0.2, 0) is 11.4 Å². The van der Waals surface area contributed by atoms with Crippen LogP contribution in [0.25, 0.3) is 6.08 Å². The SMILES string of the molecule is CCCN1C(=O)S/C(=C/c2cc(Cl)c(OCc3ccccc3C#N)c(OCC)c2)C1=O. The second-order valence-corrected chi connectivity index (χ2v) is 8.05. The topological polar surface area (TPSA) is 79.6 Å². The van der Waals surface area contributed by atoms with Crippen LogP contribution >= 0.6 is 23.4 Å². The molecular weight excluding hydrogens is 436 g/mol. The minimum Gasteiger partial charge on any atom is -0.490 e. The van der Waals surface area contributed by atoms with E-state index in [1.165, 1.54) is 4.90 Å². The molecule has 2 amide bonds. The van der Waals surface area contributed by atoms with Gasteiger partial charge in [-0.05, 0) is 54.9 Å². The van der Waals surface area contributed by atoms with Crippen molar-refractivity contribution in [3.63, 3.8) is 0 Å². The number of benzene rings is 2. The third-order valence-corrected chi connectivity index (χ3v) is 5.65. The van der Waals surface area contributed by atoms with Crippen LogP contribution in [0, 0.1) is 11.3 Å². The van der Waals surface area contributed by atoms with Gasteiger partial charge in [0.05, 0.1) is 28.2 Å². The van der Waals surface area contributed by atoms with Crippen molar-refractivity contribution in [1.29, 1.82) is 5.26 Å². The van der Waals surface area contributed by atoms with Gasteiger partial charge in [-0.15, -0.1) is 0 Å². The van der Waals surface area contributed by atoms with Gasteiger partial charge in [-0.1, -0.05) is 36.7 Å². The molecule has 160 valence electrons. The van der Waals surface area contributed by atoms with Gasteiger partial charge in [0.1, 0.15) is 6.61 Å². The van der Waals surface area contributed by atoms with E-state index in [9.17, 15) is 14.9 Å². The molecule has 1 aliphatic rings. The number of hydrogen-bond acceptors (Lipinski definition) is 6. The number of amides is 2. The van der Waals surface area contributed by atoms with E-state index in [1.807, 2.05) is 26.0 Å². The monoisotopic (exact) mass is 456 g/mol. The summed E-state index contributed by atoms with van der Waals surface area (Å²) in [6.45, 7) is 4.68. The second-order valence-electron chi connectivity index (χ2n) is 6.65. The molecule has 0 spiro atoms. The van der Waals surface area contributed by atoms with Crippen molar-refractivity contribution in [2.24, 2.45) is 0 Å². The van der Waals surface area contributed by atoms with Crippen molar-refractivity contribution in [3.8, 4) is 17.6 Å². The Kier molecular flexibility index (Phi) is 7.61. The van der Waals surface area contributed by atoms with Gasteiger partial charge < -0.3 is 9.47 Å². The molecule has 1 saturated heterocycles. The van der Waals surface area contributed by atoms with Crippen molar-refractivity contribution < 1.29 is 19.1 Å². The van der Waals surface area contributed by atoms with Crippen LogP contribution in [0.4, 0.5) is 4.79 Å². The van der Waals surface area contributed by atoms with E-state index >= 15 is 0 Å². The minimum atomic E-state index is -0.306. The maximum Gasteiger partial charge on any atom is 0.293 e. The van der Waals surface area contributed by atoms with E-state index < -0.39 is 0 Å². The van der Waals surface area contributed by atoms with Gasteiger partial charge in [0.2, 0.25) is 0 Å². The molecule has 6 nitrogen and oxygen atoms in total. The summed E-state index contributed by atoms with van der Waals surface area (Å²) in [7, 11) is 0. The van der Waals surface area contributed by atoms with Gasteiger partial charge in [0, 0.05) is 12.1 Å². The highest BCUT2D eigenvalue weighted by molar-refractivity contribution is 8.18. The Hall–Kier alpha value is -2.95. The summed E-state index contributed by atoms with van der Waals surface area (Å²) in [5.74, 6) is 0.468. The largest absolute Gasteiger partial charge is 0.490 e. The molecule has 0 aromatic heterocycles. The van der Waals surface area contributed by atoms with Crippen LogP contribution in [0.1, 0.15) is 37.0 Å². The first-order valence-corrected chi connectivity index (χ1v) is 11.0. The van der Waals surface area contributed by atoms with E-state index in [2.05, 4.69) is 6.07 Å². The quantitative estimate of drug-likeness (QED) is 0.478. The number of nitriles is 1. The van der Waals surface area contributed by atoms with Crippen molar-refractivity contribution in [2.75, 3.05) is 13.2 Å². The second kappa shape index (κ2) is 10.4. The Morgan fingerprint density at radius 1 is 1.19 bits per heavy atom. The highest BCUT2D eigenvalue weighted by Gasteiger charge is 2.34. The predicted molar refractivity (Wildman–Crippen MR) is 121 cm³/mol. The zero-order valence-electron chi connectivity index (χ0n) is 17.2. The molecule has 2 aromatic carbocycles. The number of imide groups is 1. The van der Waals surface area contributed by atoms with Crippen LogP contribution in [0.5, 0.6) is 11.5 Å². The lowest BCUT2D eigenvalue weighted by molar-refractivity contribution is -0.122. The zero-order chi connectivity index (χ0) is 22.4. The van der Waals surface area contributed by atoms with Crippen molar-refractivity contribution >= 4 is 40.6 Å². The zero-order valence-corrected chi connectivity index (χ0v) is 18.8. The minimum absolute atomic E-state index is 0.152. The van der Waals surface area contributed by atoms with E-state index in [1.54, 1.807) is 30.3 Å². The van der Waals surface area contributed by atoms with E-state index in [4.69, 9.17) is 21.1 Å². The van der Waals surface area contributed by atoms with Crippen LogP contribution in [-0.4, -0.2) is 29.2 Å². The number of halogens is 1. The van der Waals surface area contributed by atoms with Crippen LogP contribution < -0.4 is 9.47 Å². The molecule has 2 aromatic rings. The molecule has 1 fully saturated rings. The molecule has 0 saturated carbocycles. The lowest BCUT2D eigenvalue weighted by atomic mass is 10.1. The molecule has 8 heteroatoms. The van der Waals surface area contributed by atoms with E-state index in [-0.39, 0.29) is 17.8 Å². The third kappa shape index (κ3) is 5.22. The van der Waals surface area contributed by atoms with Crippen molar-refractivity contribution in [1.82, 2.24) is 4.90 Å². The van der Waals surface area contributed by atoms with Crippen LogP contribution in [0.3, 0.4) is 0 Å².